The molecule has 0 bridgehead atoms. The number of nitrogens with zero attached hydrogens (tertiary/aromatic N) is 6. The lowest BCUT2D eigenvalue weighted by Crippen LogP contribution is -2.25. The molecule has 11 heteroatoms. The van der Waals surface area contributed by atoms with Crippen LogP contribution in [0.25, 0.3) is 11.5 Å². The fraction of sp³-hybridized carbons (Fsp3) is 0.250. The number of nitrogens with one attached hydrogen (secondary N) is 1. The van der Waals surface area contributed by atoms with Crippen LogP contribution in [0, 0.1) is 13.8 Å². The first-order valence-corrected chi connectivity index (χ1v) is 9.54. The zero-order chi connectivity index (χ0) is 21.7. The fourth-order valence-corrected chi connectivity index (χ4v) is 3.90. The molecule has 1 N–H and O–H groups in total. The number of aromatic nitrogens is 6. The highest BCUT2D eigenvalue weighted by molar-refractivity contribution is 5.95. The number of ether oxygens (including phenoxy) is 1. The van der Waals surface area contributed by atoms with Gasteiger partial charge in [-0.05, 0) is 43.7 Å². The van der Waals surface area contributed by atoms with Crippen molar-refractivity contribution in [2.24, 2.45) is 0 Å². The van der Waals surface area contributed by atoms with E-state index in [-0.39, 0.29) is 24.0 Å². The summed E-state index contributed by atoms with van der Waals surface area (Å²) in [5.74, 6) is 1.07. The number of benzene rings is 1. The molecule has 0 aliphatic carbocycles. The van der Waals surface area contributed by atoms with Crippen molar-refractivity contribution in [1.82, 2.24) is 29.6 Å². The van der Waals surface area contributed by atoms with Crippen molar-refractivity contribution in [3.05, 3.63) is 59.0 Å². The Kier molecular flexibility index (Phi) is 4.38. The molecule has 31 heavy (non-hydrogen) atoms. The summed E-state index contributed by atoms with van der Waals surface area (Å²) in [4.78, 5) is 12.5. The predicted octanol–water partition coefficient (Wildman–Crippen LogP) is 3.00. The molecule has 3 aromatic heterocycles. The van der Waals surface area contributed by atoms with Crippen molar-refractivity contribution >= 4 is 17.4 Å². The minimum absolute atomic E-state index is 0.0419. The van der Waals surface area contributed by atoms with Crippen LogP contribution in [0.5, 0.6) is 5.75 Å². The van der Waals surface area contributed by atoms with Crippen LogP contribution >= 0.6 is 0 Å². The first kappa shape index (κ1) is 19.1. The number of hydrogen-bond acceptors (Lipinski definition) is 6. The van der Waals surface area contributed by atoms with E-state index in [2.05, 4.69) is 30.4 Å². The molecule has 0 fully saturated rings. The smallest absolute Gasteiger partial charge is 0.387 e. The molecule has 4 aromatic rings. The topological polar surface area (TPSA) is 99.2 Å². The molecule has 0 radical (unpaired) electrons. The van der Waals surface area contributed by atoms with Gasteiger partial charge < -0.3 is 10.1 Å². The Balaban J connectivity index is 1.62. The van der Waals surface area contributed by atoms with Crippen molar-refractivity contribution in [3.8, 4) is 11.6 Å². The molecule has 158 valence electrons. The predicted molar refractivity (Wildman–Crippen MR) is 106 cm³/mol. The molecule has 5 rings (SSSR count). The fourth-order valence-electron chi connectivity index (χ4n) is 3.90. The third-order valence-corrected chi connectivity index (χ3v) is 5.21. The Morgan fingerprint density at radius 2 is 2.00 bits per heavy atom. The van der Waals surface area contributed by atoms with Crippen LogP contribution in [-0.4, -0.2) is 42.1 Å². The van der Waals surface area contributed by atoms with Crippen LogP contribution in [0.3, 0.4) is 0 Å². The average molecular weight is 425 g/mol. The molecular formula is C20H17F2N7O2. The van der Waals surface area contributed by atoms with Gasteiger partial charge in [-0.2, -0.15) is 23.1 Å². The second-order valence-corrected chi connectivity index (χ2v) is 7.22. The van der Waals surface area contributed by atoms with E-state index in [0.29, 0.717) is 34.4 Å². The normalized spacial score (nSPS) is 15.9. The summed E-state index contributed by atoms with van der Waals surface area (Å²) in [6, 6.07) is 9.90. The lowest BCUT2D eigenvalue weighted by atomic mass is 9.86. The molecule has 0 spiro atoms. The van der Waals surface area contributed by atoms with Gasteiger partial charge in [0.05, 0.1) is 5.69 Å². The minimum Gasteiger partial charge on any atom is -0.435 e. The van der Waals surface area contributed by atoms with Gasteiger partial charge in [0.25, 0.3) is 0 Å². The maximum atomic E-state index is 12.6. The Morgan fingerprint density at radius 3 is 2.81 bits per heavy atom. The number of amides is 1. The third-order valence-electron chi connectivity index (χ3n) is 5.21. The van der Waals surface area contributed by atoms with Gasteiger partial charge in [-0.3, -0.25) is 4.79 Å². The SMILES string of the molecule is Cc1nn(-c2ccc3nnc(C)n3n2)c2c1C(c1cccc(OC(F)F)c1)CC(=O)N2. The first-order valence-electron chi connectivity index (χ1n) is 9.54. The van der Waals surface area contributed by atoms with E-state index < -0.39 is 6.61 Å². The highest BCUT2D eigenvalue weighted by atomic mass is 19.3. The van der Waals surface area contributed by atoms with E-state index in [1.807, 2.05) is 6.92 Å². The van der Waals surface area contributed by atoms with Gasteiger partial charge in [-0.1, -0.05) is 12.1 Å². The van der Waals surface area contributed by atoms with Crippen LogP contribution < -0.4 is 10.1 Å². The van der Waals surface area contributed by atoms with Crippen LogP contribution in [0.4, 0.5) is 14.6 Å². The molecule has 0 saturated carbocycles. The van der Waals surface area contributed by atoms with Crippen molar-refractivity contribution in [2.45, 2.75) is 32.8 Å². The van der Waals surface area contributed by atoms with E-state index in [4.69, 9.17) is 0 Å². The second kappa shape index (κ2) is 7.11. The molecule has 1 amide bonds. The zero-order valence-corrected chi connectivity index (χ0v) is 16.6. The number of carbonyl (C=O) groups is 1. The van der Waals surface area contributed by atoms with Gasteiger partial charge >= 0.3 is 6.61 Å². The quantitative estimate of drug-likeness (QED) is 0.540. The molecule has 1 aromatic carbocycles. The molecular weight excluding hydrogens is 408 g/mol. The Morgan fingerprint density at radius 1 is 1.16 bits per heavy atom. The van der Waals surface area contributed by atoms with Gasteiger partial charge in [0, 0.05) is 17.9 Å². The van der Waals surface area contributed by atoms with Gasteiger partial charge in [0.15, 0.2) is 17.3 Å². The van der Waals surface area contributed by atoms with Crippen molar-refractivity contribution in [1.29, 1.82) is 0 Å². The number of aryl methyl sites for hydroxylation is 2. The largest absolute Gasteiger partial charge is 0.435 e. The summed E-state index contributed by atoms with van der Waals surface area (Å²) in [5.41, 5.74) is 2.78. The number of halogens is 2. The summed E-state index contributed by atoms with van der Waals surface area (Å²) in [7, 11) is 0. The number of fused-ring (bicyclic) bond motifs is 2. The van der Waals surface area contributed by atoms with Gasteiger partial charge in [0.2, 0.25) is 5.91 Å². The van der Waals surface area contributed by atoms with E-state index in [1.165, 1.54) is 12.1 Å². The molecule has 1 atom stereocenters. The minimum atomic E-state index is -2.92. The average Bonchev–Trinajstić information content (AvgIpc) is 3.27. The van der Waals surface area contributed by atoms with Gasteiger partial charge in [0.1, 0.15) is 11.6 Å². The zero-order valence-electron chi connectivity index (χ0n) is 16.6. The van der Waals surface area contributed by atoms with Crippen LogP contribution in [-0.2, 0) is 4.79 Å². The van der Waals surface area contributed by atoms with Crippen molar-refractivity contribution < 1.29 is 18.3 Å². The molecule has 4 heterocycles. The monoisotopic (exact) mass is 425 g/mol. The summed E-state index contributed by atoms with van der Waals surface area (Å²) in [6.07, 6.45) is 0.161. The number of anilines is 1. The van der Waals surface area contributed by atoms with Crippen LogP contribution in [0.15, 0.2) is 36.4 Å². The number of carbonyl (C=O) groups excluding carboxylic acids is 1. The Labute approximate surface area is 174 Å². The van der Waals surface area contributed by atoms with Crippen LogP contribution in [0.1, 0.15) is 35.0 Å². The van der Waals surface area contributed by atoms with Crippen molar-refractivity contribution in [2.75, 3.05) is 5.32 Å². The number of rotatable bonds is 4. The van der Waals surface area contributed by atoms with E-state index in [9.17, 15) is 13.6 Å². The maximum Gasteiger partial charge on any atom is 0.387 e. The molecule has 1 aliphatic heterocycles. The lowest BCUT2D eigenvalue weighted by Gasteiger charge is -2.24. The lowest BCUT2D eigenvalue weighted by molar-refractivity contribution is -0.116. The standard InChI is InChI=1S/C20H17F2N7O2/c1-10-18-14(12-4-3-5-13(8-12)31-20(21)22)9-17(30)23-19(18)29(26-10)16-7-6-15-25-24-11(2)28(15)27-16/h3-8,14,20H,9H2,1-2H3,(H,23,30). The highest BCUT2D eigenvalue weighted by Gasteiger charge is 2.33. The maximum absolute atomic E-state index is 12.6. The molecule has 1 unspecified atom stereocenters. The van der Waals surface area contributed by atoms with Gasteiger partial charge in [-0.25, -0.2) is 0 Å². The van der Waals surface area contributed by atoms with Gasteiger partial charge in [-0.15, -0.1) is 15.3 Å². The molecule has 1 aliphatic rings. The van der Waals surface area contributed by atoms with Crippen LogP contribution in [0.2, 0.25) is 0 Å². The number of hydrogen-bond donors (Lipinski definition) is 1. The summed E-state index contributed by atoms with van der Waals surface area (Å²) >= 11 is 0. The summed E-state index contributed by atoms with van der Waals surface area (Å²) in [6.45, 7) is 0.696. The first-order chi connectivity index (χ1) is 14.9. The Hall–Kier alpha value is -3.89. The molecule has 9 nitrogen and oxygen atoms in total. The van der Waals surface area contributed by atoms with E-state index >= 15 is 0 Å². The highest BCUT2D eigenvalue weighted by Crippen LogP contribution is 2.40. The number of alkyl halides is 2. The van der Waals surface area contributed by atoms with E-state index in [0.717, 1.165) is 5.56 Å². The molecule has 0 saturated heterocycles. The summed E-state index contributed by atoms with van der Waals surface area (Å²) in [5, 5.41) is 20.0. The second-order valence-electron chi connectivity index (χ2n) is 7.22. The third kappa shape index (κ3) is 3.27. The summed E-state index contributed by atoms with van der Waals surface area (Å²) < 4.78 is 33.0. The Bertz CT molecular complexity index is 1310. The van der Waals surface area contributed by atoms with E-state index in [1.54, 1.807) is 40.4 Å². The van der Waals surface area contributed by atoms with Crippen molar-refractivity contribution in [3.63, 3.8) is 0 Å².